The fourth-order valence-corrected chi connectivity index (χ4v) is 3.20. The fraction of sp³-hybridized carbons (Fsp3) is 0.111. The lowest BCUT2D eigenvalue weighted by Crippen LogP contribution is -1.97. The maximum Gasteiger partial charge on any atom is 0.237 e. The van der Waals surface area contributed by atoms with Gasteiger partial charge in [-0.05, 0) is 42.5 Å². The molecule has 0 fully saturated rings. The SMILES string of the molecule is Fc1ccc(-c2noc(CSc3n[nH]c(COc4ccc(Br)cc4)n3)n2)cc1F. The highest BCUT2D eigenvalue weighted by atomic mass is 79.9. The molecule has 0 aliphatic rings. The van der Waals surface area contributed by atoms with Crippen molar-refractivity contribution >= 4 is 27.7 Å². The van der Waals surface area contributed by atoms with Crippen LogP contribution in [0, 0.1) is 11.6 Å². The Morgan fingerprint density at radius 3 is 2.69 bits per heavy atom. The summed E-state index contributed by atoms with van der Waals surface area (Å²) in [5, 5.41) is 11.2. The average molecular weight is 480 g/mol. The zero-order valence-corrected chi connectivity index (χ0v) is 17.0. The van der Waals surface area contributed by atoms with Crippen LogP contribution in [-0.4, -0.2) is 25.3 Å². The van der Waals surface area contributed by atoms with E-state index in [2.05, 4.69) is 41.3 Å². The van der Waals surface area contributed by atoms with Crippen molar-refractivity contribution < 1.29 is 18.0 Å². The van der Waals surface area contributed by atoms with Crippen LogP contribution < -0.4 is 4.74 Å². The van der Waals surface area contributed by atoms with Gasteiger partial charge in [-0.2, -0.15) is 4.98 Å². The summed E-state index contributed by atoms with van der Waals surface area (Å²) in [7, 11) is 0. The molecule has 0 aliphatic heterocycles. The molecule has 0 saturated heterocycles. The zero-order valence-electron chi connectivity index (χ0n) is 14.6. The lowest BCUT2D eigenvalue weighted by Gasteiger charge is -2.03. The Hall–Kier alpha value is -2.79. The number of H-pyrrole nitrogens is 1. The largest absolute Gasteiger partial charge is 0.486 e. The van der Waals surface area contributed by atoms with Gasteiger partial charge in [-0.1, -0.05) is 32.8 Å². The van der Waals surface area contributed by atoms with E-state index in [1.165, 1.54) is 17.8 Å². The standard InChI is InChI=1S/C18H12BrF2N5O2S/c19-11-2-4-12(5-3-11)27-8-15-22-18(25-24-15)29-9-16-23-17(26-28-16)10-1-6-13(20)14(21)7-10/h1-7H,8-9H2,(H,22,24,25). The molecule has 4 rings (SSSR count). The molecule has 1 N–H and O–H groups in total. The molecule has 2 aromatic carbocycles. The highest BCUT2D eigenvalue weighted by Gasteiger charge is 2.13. The van der Waals surface area contributed by atoms with Crippen molar-refractivity contribution in [3.8, 4) is 17.1 Å². The fourth-order valence-electron chi connectivity index (χ4n) is 2.28. The number of aromatic nitrogens is 5. The van der Waals surface area contributed by atoms with Gasteiger partial charge in [0.15, 0.2) is 17.5 Å². The summed E-state index contributed by atoms with van der Waals surface area (Å²) in [4.78, 5) is 8.50. The predicted octanol–water partition coefficient (Wildman–Crippen LogP) is 4.77. The van der Waals surface area contributed by atoms with Crippen molar-refractivity contribution in [2.45, 2.75) is 17.5 Å². The van der Waals surface area contributed by atoms with Crippen LogP contribution in [0.25, 0.3) is 11.4 Å². The number of aromatic amines is 1. The number of benzene rings is 2. The first kappa shape index (κ1) is 19.5. The van der Waals surface area contributed by atoms with Crippen LogP contribution in [0.1, 0.15) is 11.7 Å². The Morgan fingerprint density at radius 1 is 1.07 bits per heavy atom. The molecule has 0 saturated carbocycles. The minimum atomic E-state index is -0.971. The molecule has 0 radical (unpaired) electrons. The van der Waals surface area contributed by atoms with Crippen LogP contribution in [0.3, 0.4) is 0 Å². The van der Waals surface area contributed by atoms with Gasteiger partial charge in [-0.3, -0.25) is 5.10 Å². The number of nitrogens with zero attached hydrogens (tertiary/aromatic N) is 4. The minimum Gasteiger partial charge on any atom is -0.486 e. The van der Waals surface area contributed by atoms with Gasteiger partial charge >= 0.3 is 0 Å². The third-order valence-corrected chi connectivity index (χ3v) is 5.03. The summed E-state index contributed by atoms with van der Waals surface area (Å²) in [6.45, 7) is 0.246. The molecule has 0 bridgehead atoms. The van der Waals surface area contributed by atoms with Crippen molar-refractivity contribution in [1.82, 2.24) is 25.3 Å². The topological polar surface area (TPSA) is 89.7 Å². The van der Waals surface area contributed by atoms with Gasteiger partial charge in [0.05, 0.1) is 5.75 Å². The molecule has 0 unspecified atom stereocenters. The van der Waals surface area contributed by atoms with Crippen LogP contribution >= 0.6 is 27.7 Å². The Morgan fingerprint density at radius 2 is 1.90 bits per heavy atom. The molecule has 0 amide bonds. The van der Waals surface area contributed by atoms with Crippen molar-refractivity contribution in [1.29, 1.82) is 0 Å². The lowest BCUT2D eigenvalue weighted by atomic mass is 10.2. The third kappa shape index (κ3) is 4.98. The van der Waals surface area contributed by atoms with E-state index in [1.54, 1.807) is 0 Å². The quantitative estimate of drug-likeness (QED) is 0.382. The smallest absolute Gasteiger partial charge is 0.237 e. The first-order valence-electron chi connectivity index (χ1n) is 8.27. The van der Waals surface area contributed by atoms with Crippen LogP contribution in [-0.2, 0) is 12.4 Å². The van der Waals surface area contributed by atoms with Crippen molar-refractivity contribution in [2.24, 2.45) is 0 Å². The van der Waals surface area contributed by atoms with Gasteiger partial charge in [0.2, 0.25) is 16.9 Å². The molecule has 7 nitrogen and oxygen atoms in total. The molecule has 0 spiro atoms. The normalized spacial score (nSPS) is 11.0. The van der Waals surface area contributed by atoms with E-state index >= 15 is 0 Å². The molecule has 11 heteroatoms. The zero-order chi connectivity index (χ0) is 20.2. The number of hydrogen-bond acceptors (Lipinski definition) is 7. The van der Waals surface area contributed by atoms with Gasteiger partial charge in [0, 0.05) is 10.0 Å². The number of ether oxygens (including phenoxy) is 1. The predicted molar refractivity (Wildman–Crippen MR) is 104 cm³/mol. The van der Waals surface area contributed by atoms with Gasteiger partial charge < -0.3 is 9.26 Å². The van der Waals surface area contributed by atoms with Crippen LogP contribution in [0.5, 0.6) is 5.75 Å². The molecule has 148 valence electrons. The van der Waals surface area contributed by atoms with Gasteiger partial charge in [-0.25, -0.2) is 13.8 Å². The highest BCUT2D eigenvalue weighted by Crippen LogP contribution is 2.23. The number of halogens is 3. The second-order valence-electron chi connectivity index (χ2n) is 5.74. The maximum absolute atomic E-state index is 13.3. The van der Waals surface area contributed by atoms with Crippen LogP contribution in [0.15, 0.2) is 56.6 Å². The van der Waals surface area contributed by atoms with E-state index in [9.17, 15) is 8.78 Å². The Bertz CT molecular complexity index is 1120. The molecule has 0 aliphatic carbocycles. The van der Waals surface area contributed by atoms with Crippen LogP contribution in [0.2, 0.25) is 0 Å². The summed E-state index contributed by atoms with van der Waals surface area (Å²) in [6.07, 6.45) is 0. The van der Waals surface area contributed by atoms with E-state index < -0.39 is 11.6 Å². The Balaban J connectivity index is 1.32. The molecule has 2 aromatic heterocycles. The van der Waals surface area contributed by atoms with E-state index in [1.807, 2.05) is 24.3 Å². The summed E-state index contributed by atoms with van der Waals surface area (Å²) >= 11 is 4.65. The Labute approximate surface area is 176 Å². The third-order valence-electron chi connectivity index (χ3n) is 3.67. The first-order chi connectivity index (χ1) is 14.1. The maximum atomic E-state index is 13.3. The van der Waals surface area contributed by atoms with Gasteiger partial charge in [0.1, 0.15) is 12.4 Å². The lowest BCUT2D eigenvalue weighted by molar-refractivity contribution is 0.296. The number of thioether (sulfide) groups is 1. The number of nitrogens with one attached hydrogen (secondary N) is 1. The molecular formula is C18H12BrF2N5O2S. The van der Waals surface area contributed by atoms with Crippen molar-refractivity contribution in [3.63, 3.8) is 0 Å². The molecule has 2 heterocycles. The van der Waals surface area contributed by atoms with E-state index in [4.69, 9.17) is 9.26 Å². The minimum absolute atomic E-state index is 0.179. The summed E-state index contributed by atoms with van der Waals surface area (Å²) in [6, 6.07) is 10.9. The monoisotopic (exact) mass is 479 g/mol. The second-order valence-corrected chi connectivity index (χ2v) is 7.59. The average Bonchev–Trinajstić information content (AvgIpc) is 3.37. The van der Waals surface area contributed by atoms with Gasteiger partial charge in [0.25, 0.3) is 0 Å². The number of rotatable bonds is 7. The summed E-state index contributed by atoms with van der Waals surface area (Å²) in [5.41, 5.74) is 0.328. The second kappa shape index (κ2) is 8.70. The molecule has 4 aromatic rings. The molecular weight excluding hydrogens is 468 g/mol. The first-order valence-corrected chi connectivity index (χ1v) is 10.0. The summed E-state index contributed by atoms with van der Waals surface area (Å²) < 4.78 is 38.1. The van der Waals surface area contributed by atoms with E-state index in [0.29, 0.717) is 28.2 Å². The van der Waals surface area contributed by atoms with Crippen LogP contribution in [0.4, 0.5) is 8.78 Å². The highest BCUT2D eigenvalue weighted by molar-refractivity contribution is 9.10. The van der Waals surface area contributed by atoms with E-state index in [0.717, 1.165) is 22.4 Å². The van der Waals surface area contributed by atoms with Crippen molar-refractivity contribution in [2.75, 3.05) is 0 Å². The molecule has 0 atom stereocenters. The summed E-state index contributed by atoms with van der Waals surface area (Å²) in [5.74, 6) is 0.198. The van der Waals surface area contributed by atoms with E-state index in [-0.39, 0.29) is 12.4 Å². The van der Waals surface area contributed by atoms with Gasteiger partial charge in [-0.15, -0.1) is 5.10 Å². The Kier molecular flexibility index (Phi) is 5.86. The molecule has 29 heavy (non-hydrogen) atoms. The number of hydrogen-bond donors (Lipinski definition) is 1. The van der Waals surface area contributed by atoms with Crippen molar-refractivity contribution in [3.05, 3.63) is 70.3 Å².